The Morgan fingerprint density at radius 1 is 1.05 bits per heavy atom. The van der Waals surface area contributed by atoms with Crippen molar-refractivity contribution in [2.45, 2.75) is 45.6 Å². The fraction of sp³-hybridized carbons (Fsp3) is 0.500. The highest BCUT2D eigenvalue weighted by atomic mass is 32.1. The smallest absolute Gasteiger partial charge is 0.121 e. The Morgan fingerprint density at radius 3 is 2.45 bits per heavy atom. The Labute approximate surface area is 125 Å². The number of hydrogen-bond acceptors (Lipinski definition) is 4. The van der Waals surface area contributed by atoms with Gasteiger partial charge in [0.2, 0.25) is 0 Å². The van der Waals surface area contributed by atoms with Crippen LogP contribution in [0.3, 0.4) is 0 Å². The molecule has 0 bridgehead atoms. The molecule has 0 saturated carbocycles. The molecule has 0 saturated heterocycles. The molecule has 0 aliphatic heterocycles. The number of hydrogen-bond donors (Lipinski definition) is 1. The first-order valence-electron chi connectivity index (χ1n) is 7.13. The summed E-state index contributed by atoms with van der Waals surface area (Å²) >= 11 is 1.74. The first kappa shape index (κ1) is 15.1. The van der Waals surface area contributed by atoms with Crippen molar-refractivity contribution >= 4 is 11.3 Å². The van der Waals surface area contributed by atoms with Gasteiger partial charge in [0.15, 0.2) is 0 Å². The van der Waals surface area contributed by atoms with E-state index in [0.29, 0.717) is 0 Å². The fourth-order valence-electron chi connectivity index (χ4n) is 1.93. The third-order valence-corrected chi connectivity index (χ3v) is 3.91. The molecular weight excluding hydrogens is 266 g/mol. The molecule has 1 aromatic carbocycles. The van der Waals surface area contributed by atoms with E-state index in [4.69, 9.17) is 0 Å². The van der Waals surface area contributed by atoms with E-state index < -0.39 is 0 Å². The number of aromatic nitrogens is 2. The summed E-state index contributed by atoms with van der Waals surface area (Å²) in [4.78, 5) is 0. The van der Waals surface area contributed by atoms with Crippen molar-refractivity contribution in [1.29, 1.82) is 0 Å². The normalized spacial score (nSPS) is 11.8. The molecule has 2 aromatic rings. The van der Waals surface area contributed by atoms with Crippen LogP contribution >= 0.6 is 11.3 Å². The average Bonchev–Trinajstić information content (AvgIpc) is 2.82. The molecular formula is C16H23N3S. The van der Waals surface area contributed by atoms with E-state index in [1.165, 1.54) is 5.56 Å². The summed E-state index contributed by atoms with van der Waals surface area (Å²) in [6.07, 6.45) is 3.01. The van der Waals surface area contributed by atoms with Gasteiger partial charge in [-0.15, -0.1) is 21.5 Å². The van der Waals surface area contributed by atoms with E-state index in [9.17, 15) is 0 Å². The van der Waals surface area contributed by atoms with Gasteiger partial charge in [0, 0.05) is 18.4 Å². The summed E-state index contributed by atoms with van der Waals surface area (Å²) in [5.41, 5.74) is 1.49. The highest BCUT2D eigenvalue weighted by molar-refractivity contribution is 7.11. The van der Waals surface area contributed by atoms with Gasteiger partial charge in [-0.05, 0) is 39.3 Å². The molecule has 0 amide bonds. The minimum Gasteiger partial charge on any atom is -0.312 e. The van der Waals surface area contributed by atoms with Crippen LogP contribution in [0.5, 0.6) is 0 Å². The van der Waals surface area contributed by atoms with Gasteiger partial charge in [-0.3, -0.25) is 0 Å². The Bertz CT molecular complexity index is 514. The lowest BCUT2D eigenvalue weighted by Crippen LogP contribution is -2.36. The summed E-state index contributed by atoms with van der Waals surface area (Å²) in [6, 6.07) is 10.4. The first-order valence-corrected chi connectivity index (χ1v) is 7.95. The van der Waals surface area contributed by atoms with Gasteiger partial charge in [-0.25, -0.2) is 0 Å². The maximum Gasteiger partial charge on any atom is 0.121 e. The molecule has 0 aliphatic rings. The topological polar surface area (TPSA) is 37.8 Å². The third-order valence-electron chi connectivity index (χ3n) is 2.93. The van der Waals surface area contributed by atoms with Crippen LogP contribution < -0.4 is 5.32 Å². The van der Waals surface area contributed by atoms with E-state index in [1.54, 1.807) is 11.3 Å². The van der Waals surface area contributed by atoms with Crippen molar-refractivity contribution in [2.24, 2.45) is 0 Å². The van der Waals surface area contributed by atoms with Crippen LogP contribution in [0.2, 0.25) is 0 Å². The van der Waals surface area contributed by atoms with Crippen molar-refractivity contribution in [2.75, 3.05) is 6.54 Å². The van der Waals surface area contributed by atoms with Gasteiger partial charge in [0.25, 0.3) is 0 Å². The fourth-order valence-corrected chi connectivity index (χ4v) is 2.85. The molecule has 108 valence electrons. The number of aryl methyl sites for hydroxylation is 1. The SMILES string of the molecule is CC(C)(C)NCCCc1nnc(Cc2ccccc2)s1. The molecule has 0 atom stereocenters. The van der Waals surface area contributed by atoms with Crippen LogP contribution in [0.4, 0.5) is 0 Å². The Balaban J connectivity index is 1.78. The minimum atomic E-state index is 0.194. The molecule has 0 aliphatic carbocycles. The largest absolute Gasteiger partial charge is 0.312 e. The summed E-state index contributed by atoms with van der Waals surface area (Å²) in [7, 11) is 0. The van der Waals surface area contributed by atoms with Crippen molar-refractivity contribution in [1.82, 2.24) is 15.5 Å². The zero-order valence-corrected chi connectivity index (χ0v) is 13.3. The lowest BCUT2D eigenvalue weighted by molar-refractivity contribution is 0.422. The molecule has 0 unspecified atom stereocenters. The number of nitrogens with zero attached hydrogens (tertiary/aromatic N) is 2. The van der Waals surface area contributed by atoms with Gasteiger partial charge < -0.3 is 5.32 Å². The monoisotopic (exact) mass is 289 g/mol. The van der Waals surface area contributed by atoms with E-state index in [1.807, 2.05) is 6.07 Å². The molecule has 20 heavy (non-hydrogen) atoms. The van der Waals surface area contributed by atoms with Gasteiger partial charge in [-0.2, -0.15) is 0 Å². The molecule has 4 heteroatoms. The van der Waals surface area contributed by atoms with Crippen LogP contribution in [0.15, 0.2) is 30.3 Å². The molecule has 0 radical (unpaired) electrons. The zero-order chi connectivity index (χ0) is 14.4. The lowest BCUT2D eigenvalue weighted by atomic mass is 10.1. The number of rotatable bonds is 6. The molecule has 1 aromatic heterocycles. The van der Waals surface area contributed by atoms with Crippen molar-refractivity contribution in [3.05, 3.63) is 45.9 Å². The van der Waals surface area contributed by atoms with Crippen molar-refractivity contribution in [3.63, 3.8) is 0 Å². The highest BCUT2D eigenvalue weighted by Crippen LogP contribution is 2.15. The summed E-state index contributed by atoms with van der Waals surface area (Å²) < 4.78 is 0. The Hall–Kier alpha value is -1.26. The molecule has 1 N–H and O–H groups in total. The highest BCUT2D eigenvalue weighted by Gasteiger charge is 2.09. The second kappa shape index (κ2) is 6.95. The minimum absolute atomic E-state index is 0.194. The van der Waals surface area contributed by atoms with Gasteiger partial charge in [-0.1, -0.05) is 30.3 Å². The Morgan fingerprint density at radius 2 is 1.75 bits per heavy atom. The van der Waals surface area contributed by atoms with Gasteiger partial charge >= 0.3 is 0 Å². The maximum atomic E-state index is 4.29. The van der Waals surface area contributed by atoms with Crippen LogP contribution in [-0.4, -0.2) is 22.3 Å². The molecule has 3 nitrogen and oxygen atoms in total. The maximum absolute atomic E-state index is 4.29. The van der Waals surface area contributed by atoms with Crippen LogP contribution in [-0.2, 0) is 12.8 Å². The first-order chi connectivity index (χ1) is 9.53. The quantitative estimate of drug-likeness (QED) is 0.828. The van der Waals surface area contributed by atoms with Crippen LogP contribution in [0, 0.1) is 0 Å². The van der Waals surface area contributed by atoms with Gasteiger partial charge in [0.05, 0.1) is 0 Å². The van der Waals surface area contributed by atoms with E-state index in [0.717, 1.165) is 35.8 Å². The van der Waals surface area contributed by atoms with Crippen molar-refractivity contribution in [3.8, 4) is 0 Å². The molecule has 0 spiro atoms. The summed E-state index contributed by atoms with van der Waals surface area (Å²) in [5.74, 6) is 0. The number of benzene rings is 1. The molecule has 2 rings (SSSR count). The summed E-state index contributed by atoms with van der Waals surface area (Å²) in [5, 5.41) is 14.3. The Kier molecular flexibility index (Phi) is 5.26. The van der Waals surface area contributed by atoms with Crippen LogP contribution in [0.25, 0.3) is 0 Å². The third kappa shape index (κ3) is 5.39. The average molecular weight is 289 g/mol. The molecule has 0 fully saturated rings. The predicted octanol–water partition coefficient (Wildman–Crippen LogP) is 3.45. The van der Waals surface area contributed by atoms with E-state index >= 15 is 0 Å². The van der Waals surface area contributed by atoms with E-state index in [-0.39, 0.29) is 5.54 Å². The standard InChI is InChI=1S/C16H23N3S/c1-16(2,3)17-11-7-10-14-18-19-15(20-14)12-13-8-5-4-6-9-13/h4-6,8-9,17H,7,10-12H2,1-3H3. The predicted molar refractivity (Wildman–Crippen MR) is 85.2 cm³/mol. The molecule has 1 heterocycles. The van der Waals surface area contributed by atoms with Crippen molar-refractivity contribution < 1.29 is 0 Å². The summed E-state index contributed by atoms with van der Waals surface area (Å²) in [6.45, 7) is 7.60. The van der Waals surface area contributed by atoms with Crippen LogP contribution in [0.1, 0.15) is 42.8 Å². The zero-order valence-electron chi connectivity index (χ0n) is 12.5. The second-order valence-corrected chi connectivity index (χ2v) is 7.18. The second-order valence-electron chi connectivity index (χ2n) is 6.03. The van der Waals surface area contributed by atoms with Gasteiger partial charge in [0.1, 0.15) is 10.0 Å². The van der Waals surface area contributed by atoms with E-state index in [2.05, 4.69) is 60.6 Å². The lowest BCUT2D eigenvalue weighted by Gasteiger charge is -2.20. The number of nitrogens with one attached hydrogen (secondary N) is 1.